The first-order valence-corrected chi connectivity index (χ1v) is 5.90. The maximum Gasteiger partial charge on any atom is 0.338 e. The second kappa shape index (κ2) is 5.81. The summed E-state index contributed by atoms with van der Waals surface area (Å²) >= 11 is 1.64. The predicted molar refractivity (Wildman–Crippen MR) is 58.9 cm³/mol. The Morgan fingerprint density at radius 3 is 2.93 bits per heavy atom. The van der Waals surface area contributed by atoms with Gasteiger partial charge >= 0.3 is 5.97 Å². The number of aryl methyl sites for hydroxylation is 1. The minimum atomic E-state index is -0.202. The van der Waals surface area contributed by atoms with Gasteiger partial charge in [-0.3, -0.25) is 0 Å². The van der Waals surface area contributed by atoms with Crippen LogP contribution in [0, 0.1) is 0 Å². The second-order valence-corrected chi connectivity index (χ2v) is 4.12. The molecule has 0 unspecified atom stereocenters. The summed E-state index contributed by atoms with van der Waals surface area (Å²) in [4.78, 5) is 12.6. The van der Waals surface area contributed by atoms with Crippen LogP contribution in [0.25, 0.3) is 0 Å². The zero-order valence-corrected chi connectivity index (χ0v) is 9.52. The van der Waals surface area contributed by atoms with Gasteiger partial charge in [-0.1, -0.05) is 13.3 Å². The molecule has 14 heavy (non-hydrogen) atoms. The molecular formula is C11H16O2S. The molecule has 0 aliphatic rings. The SMILES string of the molecule is CCCCc1cc(C(=O)OCC)cs1. The van der Waals surface area contributed by atoms with Gasteiger partial charge in [0, 0.05) is 10.3 Å². The first-order chi connectivity index (χ1) is 6.77. The lowest BCUT2D eigenvalue weighted by molar-refractivity contribution is 0.0527. The van der Waals surface area contributed by atoms with Crippen LogP contribution in [0.2, 0.25) is 0 Å². The zero-order valence-electron chi connectivity index (χ0n) is 8.71. The van der Waals surface area contributed by atoms with Crippen molar-refractivity contribution in [3.63, 3.8) is 0 Å². The highest BCUT2D eigenvalue weighted by Crippen LogP contribution is 2.17. The summed E-state index contributed by atoms with van der Waals surface area (Å²) in [5.41, 5.74) is 0.697. The van der Waals surface area contributed by atoms with E-state index in [4.69, 9.17) is 4.74 Å². The number of esters is 1. The molecule has 0 amide bonds. The van der Waals surface area contributed by atoms with Crippen molar-refractivity contribution in [1.29, 1.82) is 0 Å². The van der Waals surface area contributed by atoms with E-state index < -0.39 is 0 Å². The van der Waals surface area contributed by atoms with E-state index in [2.05, 4.69) is 6.92 Å². The smallest absolute Gasteiger partial charge is 0.338 e. The molecule has 0 aliphatic heterocycles. The van der Waals surface area contributed by atoms with E-state index in [1.807, 2.05) is 18.4 Å². The predicted octanol–water partition coefficient (Wildman–Crippen LogP) is 3.27. The Hall–Kier alpha value is -0.830. The van der Waals surface area contributed by atoms with Crippen molar-refractivity contribution in [2.75, 3.05) is 6.61 Å². The Morgan fingerprint density at radius 1 is 1.50 bits per heavy atom. The highest BCUT2D eigenvalue weighted by atomic mass is 32.1. The van der Waals surface area contributed by atoms with E-state index in [-0.39, 0.29) is 5.97 Å². The molecule has 0 spiro atoms. The molecule has 78 valence electrons. The van der Waals surface area contributed by atoms with Gasteiger partial charge in [-0.15, -0.1) is 11.3 Å². The Kier molecular flexibility index (Phi) is 4.66. The molecule has 0 saturated heterocycles. The van der Waals surface area contributed by atoms with Crippen molar-refractivity contribution >= 4 is 17.3 Å². The van der Waals surface area contributed by atoms with Crippen molar-refractivity contribution in [3.8, 4) is 0 Å². The molecule has 0 radical (unpaired) electrons. The van der Waals surface area contributed by atoms with Crippen LogP contribution >= 0.6 is 11.3 Å². The van der Waals surface area contributed by atoms with Crippen molar-refractivity contribution in [1.82, 2.24) is 0 Å². The normalized spacial score (nSPS) is 10.1. The summed E-state index contributed by atoms with van der Waals surface area (Å²) in [6.45, 7) is 4.43. The molecule has 0 N–H and O–H groups in total. The van der Waals surface area contributed by atoms with Crippen LogP contribution in [-0.2, 0) is 11.2 Å². The molecule has 0 fully saturated rings. The van der Waals surface area contributed by atoms with Crippen molar-refractivity contribution in [3.05, 3.63) is 21.9 Å². The van der Waals surface area contributed by atoms with Gasteiger partial charge in [-0.2, -0.15) is 0 Å². The van der Waals surface area contributed by atoms with Crippen LogP contribution in [0.15, 0.2) is 11.4 Å². The summed E-state index contributed by atoms with van der Waals surface area (Å²) in [5, 5.41) is 1.88. The maximum atomic E-state index is 11.3. The Balaban J connectivity index is 2.54. The molecule has 0 atom stereocenters. The molecule has 0 aliphatic carbocycles. The third kappa shape index (κ3) is 3.14. The summed E-state index contributed by atoms with van der Waals surface area (Å²) in [5.74, 6) is -0.202. The topological polar surface area (TPSA) is 26.3 Å². The number of unbranched alkanes of at least 4 members (excludes halogenated alkanes) is 1. The average molecular weight is 212 g/mol. The fourth-order valence-corrected chi connectivity index (χ4v) is 2.08. The Morgan fingerprint density at radius 2 is 2.29 bits per heavy atom. The van der Waals surface area contributed by atoms with Crippen LogP contribution in [0.1, 0.15) is 41.9 Å². The summed E-state index contributed by atoms with van der Waals surface area (Å²) in [6, 6.07) is 1.94. The number of thiophene rings is 1. The lowest BCUT2D eigenvalue weighted by Gasteiger charge is -1.97. The fraction of sp³-hybridized carbons (Fsp3) is 0.545. The number of hydrogen-bond donors (Lipinski definition) is 0. The summed E-state index contributed by atoms with van der Waals surface area (Å²) in [7, 11) is 0. The minimum absolute atomic E-state index is 0.202. The van der Waals surface area contributed by atoms with E-state index >= 15 is 0 Å². The van der Waals surface area contributed by atoms with E-state index in [0.717, 1.165) is 6.42 Å². The summed E-state index contributed by atoms with van der Waals surface area (Å²) in [6.07, 6.45) is 3.44. The van der Waals surface area contributed by atoms with E-state index in [0.29, 0.717) is 12.2 Å². The van der Waals surface area contributed by atoms with Crippen molar-refractivity contribution in [2.45, 2.75) is 33.1 Å². The first-order valence-electron chi connectivity index (χ1n) is 5.02. The maximum absolute atomic E-state index is 11.3. The van der Waals surface area contributed by atoms with Crippen LogP contribution in [0.4, 0.5) is 0 Å². The van der Waals surface area contributed by atoms with Gasteiger partial charge in [0.1, 0.15) is 0 Å². The molecule has 0 bridgehead atoms. The fourth-order valence-electron chi connectivity index (χ4n) is 1.18. The van der Waals surface area contributed by atoms with E-state index in [9.17, 15) is 4.79 Å². The first kappa shape index (κ1) is 11.2. The van der Waals surface area contributed by atoms with Crippen LogP contribution in [0.5, 0.6) is 0 Å². The lowest BCUT2D eigenvalue weighted by atomic mass is 10.2. The standard InChI is InChI=1S/C11H16O2S/c1-3-5-6-10-7-9(8-14-10)11(12)13-4-2/h7-8H,3-6H2,1-2H3. The van der Waals surface area contributed by atoms with Gasteiger partial charge in [0.25, 0.3) is 0 Å². The second-order valence-electron chi connectivity index (χ2n) is 3.13. The third-order valence-electron chi connectivity index (χ3n) is 1.94. The van der Waals surface area contributed by atoms with Gasteiger partial charge in [0.15, 0.2) is 0 Å². The number of rotatable bonds is 5. The highest BCUT2D eigenvalue weighted by molar-refractivity contribution is 7.10. The Bertz CT molecular complexity index is 291. The summed E-state index contributed by atoms with van der Waals surface area (Å²) < 4.78 is 4.91. The molecule has 3 heteroatoms. The molecule has 1 aromatic heterocycles. The number of carbonyl (C=O) groups excluding carboxylic acids is 1. The van der Waals surface area contributed by atoms with Crippen molar-refractivity contribution < 1.29 is 9.53 Å². The van der Waals surface area contributed by atoms with Gasteiger partial charge in [-0.05, 0) is 25.8 Å². The number of hydrogen-bond acceptors (Lipinski definition) is 3. The number of ether oxygens (including phenoxy) is 1. The monoisotopic (exact) mass is 212 g/mol. The largest absolute Gasteiger partial charge is 0.462 e. The van der Waals surface area contributed by atoms with Crippen LogP contribution in [0.3, 0.4) is 0 Å². The van der Waals surface area contributed by atoms with E-state index in [1.54, 1.807) is 11.3 Å². The van der Waals surface area contributed by atoms with E-state index in [1.165, 1.54) is 17.7 Å². The molecule has 0 aromatic carbocycles. The van der Waals surface area contributed by atoms with Crippen LogP contribution < -0.4 is 0 Å². The number of carbonyl (C=O) groups is 1. The third-order valence-corrected chi connectivity index (χ3v) is 2.94. The molecular weight excluding hydrogens is 196 g/mol. The lowest BCUT2D eigenvalue weighted by Crippen LogP contribution is -2.02. The molecule has 2 nitrogen and oxygen atoms in total. The highest BCUT2D eigenvalue weighted by Gasteiger charge is 2.08. The molecule has 1 aromatic rings. The van der Waals surface area contributed by atoms with Gasteiger partial charge in [0.05, 0.1) is 12.2 Å². The zero-order chi connectivity index (χ0) is 10.4. The average Bonchev–Trinajstić information content (AvgIpc) is 2.63. The minimum Gasteiger partial charge on any atom is -0.462 e. The van der Waals surface area contributed by atoms with Gasteiger partial charge in [-0.25, -0.2) is 4.79 Å². The van der Waals surface area contributed by atoms with Gasteiger partial charge in [0.2, 0.25) is 0 Å². The van der Waals surface area contributed by atoms with Gasteiger partial charge < -0.3 is 4.74 Å². The van der Waals surface area contributed by atoms with Crippen LogP contribution in [-0.4, -0.2) is 12.6 Å². The quantitative estimate of drug-likeness (QED) is 0.700. The van der Waals surface area contributed by atoms with Crippen molar-refractivity contribution in [2.24, 2.45) is 0 Å². The molecule has 1 heterocycles. The Labute approximate surface area is 88.9 Å². The molecule has 0 saturated carbocycles. The molecule has 1 rings (SSSR count).